The fourth-order valence-electron chi connectivity index (χ4n) is 2.22. The lowest BCUT2D eigenvalue weighted by Gasteiger charge is -2.28. The van der Waals surface area contributed by atoms with Crippen molar-refractivity contribution in [1.29, 1.82) is 0 Å². The van der Waals surface area contributed by atoms with E-state index in [0.29, 0.717) is 17.8 Å². The monoisotopic (exact) mass is 303 g/mol. The lowest BCUT2D eigenvalue weighted by molar-refractivity contribution is 0.0956. The van der Waals surface area contributed by atoms with E-state index in [1.54, 1.807) is 23.5 Å². The Morgan fingerprint density at radius 2 is 2.19 bits per heavy atom. The number of rotatable bonds is 5. The smallest absolute Gasteiger partial charge is 0.253 e. The number of hydrogen-bond acceptors (Lipinski definition) is 4. The molecular formula is C16H21N3OS. The SMILES string of the molecule is CCNC(=O)c1ccc(N)cc1N(C)C(C)c1cccs1. The van der Waals surface area contributed by atoms with Gasteiger partial charge in [-0.25, -0.2) is 0 Å². The lowest BCUT2D eigenvalue weighted by Crippen LogP contribution is -2.28. The topological polar surface area (TPSA) is 58.4 Å². The van der Waals surface area contributed by atoms with E-state index in [1.807, 2.05) is 26.1 Å². The Morgan fingerprint density at radius 3 is 2.81 bits per heavy atom. The molecule has 21 heavy (non-hydrogen) atoms. The van der Waals surface area contributed by atoms with Crippen LogP contribution in [0.5, 0.6) is 0 Å². The maximum absolute atomic E-state index is 12.2. The van der Waals surface area contributed by atoms with E-state index >= 15 is 0 Å². The fraction of sp³-hybridized carbons (Fsp3) is 0.312. The summed E-state index contributed by atoms with van der Waals surface area (Å²) in [7, 11) is 1.99. The highest BCUT2D eigenvalue weighted by Crippen LogP contribution is 2.31. The Labute approximate surface area is 129 Å². The average Bonchev–Trinajstić information content (AvgIpc) is 3.00. The van der Waals surface area contributed by atoms with E-state index < -0.39 is 0 Å². The van der Waals surface area contributed by atoms with Crippen LogP contribution in [0.1, 0.15) is 35.1 Å². The Hall–Kier alpha value is -2.01. The molecule has 1 aromatic heterocycles. The summed E-state index contributed by atoms with van der Waals surface area (Å²) in [4.78, 5) is 15.6. The zero-order valence-electron chi connectivity index (χ0n) is 12.6. The Bertz CT molecular complexity index is 610. The van der Waals surface area contributed by atoms with Gasteiger partial charge in [0.05, 0.1) is 17.3 Å². The van der Waals surface area contributed by atoms with Gasteiger partial charge in [-0.15, -0.1) is 11.3 Å². The molecule has 1 heterocycles. The molecule has 0 bridgehead atoms. The minimum atomic E-state index is -0.0715. The third kappa shape index (κ3) is 3.36. The van der Waals surface area contributed by atoms with E-state index in [4.69, 9.17) is 5.73 Å². The highest BCUT2D eigenvalue weighted by atomic mass is 32.1. The third-order valence-electron chi connectivity index (χ3n) is 3.52. The van der Waals surface area contributed by atoms with Crippen molar-refractivity contribution in [2.45, 2.75) is 19.9 Å². The molecule has 0 spiro atoms. The van der Waals surface area contributed by atoms with Crippen molar-refractivity contribution in [3.63, 3.8) is 0 Å². The summed E-state index contributed by atoms with van der Waals surface area (Å²) < 4.78 is 0. The highest BCUT2D eigenvalue weighted by Gasteiger charge is 2.19. The summed E-state index contributed by atoms with van der Waals surface area (Å²) in [5.41, 5.74) is 8.06. The summed E-state index contributed by atoms with van der Waals surface area (Å²) in [5, 5.41) is 4.91. The molecule has 5 heteroatoms. The zero-order chi connectivity index (χ0) is 15.4. The van der Waals surface area contributed by atoms with Crippen LogP contribution >= 0.6 is 11.3 Å². The molecule has 0 saturated carbocycles. The van der Waals surface area contributed by atoms with Crippen LogP contribution in [0, 0.1) is 0 Å². The van der Waals surface area contributed by atoms with Crippen LogP contribution in [0.2, 0.25) is 0 Å². The van der Waals surface area contributed by atoms with E-state index in [1.165, 1.54) is 4.88 Å². The van der Waals surface area contributed by atoms with Crippen LogP contribution in [0.4, 0.5) is 11.4 Å². The first kappa shape index (κ1) is 15.4. The van der Waals surface area contributed by atoms with E-state index in [0.717, 1.165) is 5.69 Å². The van der Waals surface area contributed by atoms with E-state index in [-0.39, 0.29) is 11.9 Å². The van der Waals surface area contributed by atoms with Crippen molar-refractivity contribution >= 4 is 28.6 Å². The quantitative estimate of drug-likeness (QED) is 0.833. The van der Waals surface area contributed by atoms with Gasteiger partial charge in [0, 0.05) is 24.2 Å². The Morgan fingerprint density at radius 1 is 1.43 bits per heavy atom. The number of carbonyl (C=O) groups is 1. The fourth-order valence-corrected chi connectivity index (χ4v) is 3.04. The molecular weight excluding hydrogens is 282 g/mol. The molecule has 3 N–H and O–H groups in total. The number of nitrogen functional groups attached to an aromatic ring is 1. The van der Waals surface area contributed by atoms with Crippen LogP contribution in [0.25, 0.3) is 0 Å². The first-order valence-electron chi connectivity index (χ1n) is 6.98. The molecule has 0 saturated heterocycles. The maximum atomic E-state index is 12.2. The van der Waals surface area contributed by atoms with Gasteiger partial charge in [-0.3, -0.25) is 4.79 Å². The second-order valence-electron chi connectivity index (χ2n) is 4.94. The second kappa shape index (κ2) is 6.63. The number of thiophene rings is 1. The Kier molecular flexibility index (Phi) is 4.85. The number of nitrogens with one attached hydrogen (secondary N) is 1. The molecule has 4 nitrogen and oxygen atoms in total. The van der Waals surface area contributed by atoms with Gasteiger partial charge in [0.15, 0.2) is 0 Å². The Balaban J connectivity index is 2.37. The molecule has 112 valence electrons. The lowest BCUT2D eigenvalue weighted by atomic mass is 10.1. The first-order valence-corrected chi connectivity index (χ1v) is 7.86. The second-order valence-corrected chi connectivity index (χ2v) is 5.92. The summed E-state index contributed by atoms with van der Waals surface area (Å²) in [5.74, 6) is -0.0715. The standard InChI is InChI=1S/C16H21N3OS/c1-4-18-16(20)13-8-7-12(17)10-14(13)19(3)11(2)15-6-5-9-21-15/h5-11H,4,17H2,1-3H3,(H,18,20). The van der Waals surface area contributed by atoms with Crippen LogP contribution in [-0.4, -0.2) is 19.5 Å². The van der Waals surface area contributed by atoms with Crippen molar-refractivity contribution in [3.8, 4) is 0 Å². The molecule has 1 amide bonds. The summed E-state index contributed by atoms with van der Waals surface area (Å²) in [6.07, 6.45) is 0. The molecule has 1 unspecified atom stereocenters. The summed E-state index contributed by atoms with van der Waals surface area (Å²) in [6.45, 7) is 4.64. The van der Waals surface area contributed by atoms with Crippen LogP contribution in [0.15, 0.2) is 35.7 Å². The molecule has 2 aromatic rings. The van der Waals surface area contributed by atoms with Gasteiger partial charge >= 0.3 is 0 Å². The van der Waals surface area contributed by atoms with E-state index in [2.05, 4.69) is 28.6 Å². The van der Waals surface area contributed by atoms with Crippen LogP contribution in [-0.2, 0) is 0 Å². The van der Waals surface area contributed by atoms with Crippen LogP contribution in [0.3, 0.4) is 0 Å². The molecule has 0 radical (unpaired) electrons. The third-order valence-corrected chi connectivity index (χ3v) is 4.56. The molecule has 0 aliphatic carbocycles. The van der Waals surface area contributed by atoms with Gasteiger partial charge in [-0.2, -0.15) is 0 Å². The summed E-state index contributed by atoms with van der Waals surface area (Å²) >= 11 is 1.71. The summed E-state index contributed by atoms with van der Waals surface area (Å²) in [6, 6.07) is 9.72. The number of benzene rings is 1. The molecule has 0 aliphatic rings. The van der Waals surface area contributed by atoms with Gasteiger partial charge in [-0.1, -0.05) is 6.07 Å². The number of anilines is 2. The maximum Gasteiger partial charge on any atom is 0.253 e. The van der Waals surface area contributed by atoms with Gasteiger partial charge in [-0.05, 0) is 43.5 Å². The van der Waals surface area contributed by atoms with Crippen molar-refractivity contribution in [3.05, 3.63) is 46.2 Å². The molecule has 0 aliphatic heterocycles. The molecule has 1 atom stereocenters. The number of carbonyl (C=O) groups excluding carboxylic acids is 1. The minimum absolute atomic E-state index is 0.0715. The van der Waals surface area contributed by atoms with Crippen molar-refractivity contribution < 1.29 is 4.79 Å². The van der Waals surface area contributed by atoms with Gasteiger partial charge in [0.25, 0.3) is 5.91 Å². The van der Waals surface area contributed by atoms with Gasteiger partial charge < -0.3 is 16.0 Å². The van der Waals surface area contributed by atoms with Crippen molar-refractivity contribution in [2.24, 2.45) is 0 Å². The van der Waals surface area contributed by atoms with Crippen LogP contribution < -0.4 is 16.0 Å². The highest BCUT2D eigenvalue weighted by molar-refractivity contribution is 7.10. The number of nitrogens with zero attached hydrogens (tertiary/aromatic N) is 1. The first-order chi connectivity index (χ1) is 10.0. The minimum Gasteiger partial charge on any atom is -0.399 e. The number of amides is 1. The predicted molar refractivity (Wildman–Crippen MR) is 90.0 cm³/mol. The average molecular weight is 303 g/mol. The zero-order valence-corrected chi connectivity index (χ0v) is 13.4. The van der Waals surface area contributed by atoms with Crippen molar-refractivity contribution in [1.82, 2.24) is 5.32 Å². The number of hydrogen-bond donors (Lipinski definition) is 2. The number of nitrogens with two attached hydrogens (primary N) is 1. The molecule has 0 fully saturated rings. The molecule has 1 aromatic carbocycles. The normalized spacial score (nSPS) is 12.0. The largest absolute Gasteiger partial charge is 0.399 e. The van der Waals surface area contributed by atoms with E-state index in [9.17, 15) is 4.79 Å². The molecule has 2 rings (SSSR count). The van der Waals surface area contributed by atoms with Gasteiger partial charge in [0.2, 0.25) is 0 Å². The van der Waals surface area contributed by atoms with Crippen molar-refractivity contribution in [2.75, 3.05) is 24.2 Å². The van der Waals surface area contributed by atoms with Gasteiger partial charge in [0.1, 0.15) is 0 Å². The predicted octanol–water partition coefficient (Wildman–Crippen LogP) is 3.28.